The van der Waals surface area contributed by atoms with Gasteiger partial charge in [-0.15, -0.1) is 20.2 Å². The average Bonchev–Trinajstić information content (AvgIpc) is 2.92. The van der Waals surface area contributed by atoms with Crippen LogP contribution >= 0.6 is 0 Å². The summed E-state index contributed by atoms with van der Waals surface area (Å²) < 4.78 is 21.2. The van der Waals surface area contributed by atoms with E-state index in [2.05, 4.69) is 14.4 Å². The highest BCUT2D eigenvalue weighted by atomic mass is 17.0. The summed E-state index contributed by atoms with van der Waals surface area (Å²) in [6.45, 7) is 3.79. The van der Waals surface area contributed by atoms with E-state index in [9.17, 15) is 29.8 Å². The summed E-state index contributed by atoms with van der Waals surface area (Å²) in [5, 5.41) is 19.9. The molecule has 0 N–H and O–H groups in total. The highest BCUT2D eigenvalue weighted by molar-refractivity contribution is 5.88. The first-order chi connectivity index (χ1) is 19.2. The van der Waals surface area contributed by atoms with E-state index in [4.69, 9.17) is 14.2 Å². The Kier molecular flexibility index (Phi) is 16.9. The second-order valence-electron chi connectivity index (χ2n) is 8.19. The van der Waals surface area contributed by atoms with Crippen LogP contribution in [0.1, 0.15) is 13.8 Å². The van der Waals surface area contributed by atoms with Gasteiger partial charge in [0, 0.05) is 18.5 Å². The maximum Gasteiger partial charge on any atom is 0.294 e. The predicted molar refractivity (Wildman–Crippen MR) is 141 cm³/mol. The van der Waals surface area contributed by atoms with Crippen LogP contribution in [0.2, 0.25) is 0 Å². The number of nitrogens with zero attached hydrogens (tertiary/aromatic N) is 3. The fraction of sp³-hybridized carbons (Fsp3) is 0.520. The molecule has 2 rings (SSSR count). The Morgan fingerprint density at radius 2 is 1.57 bits per heavy atom. The van der Waals surface area contributed by atoms with E-state index in [-0.39, 0.29) is 64.3 Å². The molecule has 222 valence electrons. The number of ether oxygens (including phenoxy) is 4. The van der Waals surface area contributed by atoms with Crippen LogP contribution in [0.4, 0.5) is 0 Å². The van der Waals surface area contributed by atoms with Crippen LogP contribution in [0, 0.1) is 20.2 Å². The molecule has 0 radical (unpaired) electrons. The summed E-state index contributed by atoms with van der Waals surface area (Å²) in [5.41, 5.74) is 0. The van der Waals surface area contributed by atoms with Gasteiger partial charge in [-0.05, 0) is 25.3 Å². The van der Waals surface area contributed by atoms with E-state index in [1.807, 2.05) is 56.3 Å². The quantitative estimate of drug-likeness (QED) is 0.104. The fourth-order valence-corrected chi connectivity index (χ4v) is 3.23. The molecule has 40 heavy (non-hydrogen) atoms. The zero-order valence-electron chi connectivity index (χ0n) is 22.7. The molecule has 15 heteroatoms. The van der Waals surface area contributed by atoms with Gasteiger partial charge in [-0.1, -0.05) is 36.4 Å². The van der Waals surface area contributed by atoms with Crippen LogP contribution in [0.15, 0.2) is 42.5 Å². The minimum Gasteiger partial charge on any atom is -0.490 e. The van der Waals surface area contributed by atoms with Crippen molar-refractivity contribution < 1.29 is 48.4 Å². The molecule has 0 aliphatic carbocycles. The first kappa shape index (κ1) is 33.9. The highest BCUT2D eigenvalue weighted by Crippen LogP contribution is 2.25. The monoisotopic (exact) mass is 569 g/mol. The second kappa shape index (κ2) is 19.9. The molecule has 0 aliphatic rings. The van der Waals surface area contributed by atoms with E-state index in [1.165, 1.54) is 0 Å². The molecule has 15 nitrogen and oxygen atoms in total. The summed E-state index contributed by atoms with van der Waals surface area (Å²) in [5.74, 6) is 0.519. The summed E-state index contributed by atoms with van der Waals surface area (Å²) in [6.07, 6.45) is 0.222. The summed E-state index contributed by atoms with van der Waals surface area (Å²) in [6, 6.07) is 13.7. The van der Waals surface area contributed by atoms with Crippen LogP contribution in [-0.4, -0.2) is 99.3 Å². The number of carbonyl (C=O) groups excluding carboxylic acids is 2. The maximum atomic E-state index is 12.5. The zero-order valence-corrected chi connectivity index (χ0v) is 22.7. The number of rotatable bonds is 19. The Morgan fingerprint density at radius 1 is 0.950 bits per heavy atom. The predicted octanol–water partition coefficient (Wildman–Crippen LogP) is 2.11. The van der Waals surface area contributed by atoms with Crippen molar-refractivity contribution in [2.45, 2.75) is 26.0 Å². The molecular weight excluding hydrogens is 534 g/mol. The highest BCUT2D eigenvalue weighted by Gasteiger charge is 2.22. The normalized spacial score (nSPS) is 11.2. The smallest absolute Gasteiger partial charge is 0.294 e. The Labute approximate surface area is 231 Å². The molecule has 0 saturated heterocycles. The number of benzene rings is 2. The third kappa shape index (κ3) is 14.2. The van der Waals surface area contributed by atoms with Crippen molar-refractivity contribution in [2.75, 3.05) is 59.9 Å². The minimum atomic E-state index is -0.912. The second-order valence-corrected chi connectivity index (χ2v) is 8.19. The first-order valence-electron chi connectivity index (χ1n) is 12.3. The largest absolute Gasteiger partial charge is 0.490 e. The van der Waals surface area contributed by atoms with E-state index < -0.39 is 10.2 Å². The Morgan fingerprint density at radius 3 is 2.17 bits per heavy atom. The number of fused-ring (bicyclic) bond motifs is 1. The van der Waals surface area contributed by atoms with Gasteiger partial charge in [-0.25, -0.2) is 0 Å². The number of amides is 1. The van der Waals surface area contributed by atoms with Gasteiger partial charge in [0.15, 0.2) is 0 Å². The van der Waals surface area contributed by atoms with Gasteiger partial charge in [0.25, 0.3) is 10.2 Å². The van der Waals surface area contributed by atoms with Crippen LogP contribution in [0.5, 0.6) is 5.75 Å². The lowest BCUT2D eigenvalue weighted by Gasteiger charge is -2.30. The van der Waals surface area contributed by atoms with Crippen molar-refractivity contribution in [1.29, 1.82) is 0 Å². The molecular formula is C25H35N3O12. The summed E-state index contributed by atoms with van der Waals surface area (Å²) in [7, 11) is 1.57. The molecule has 0 aromatic heterocycles. The number of aldehydes is 1. The van der Waals surface area contributed by atoms with Crippen molar-refractivity contribution in [3.05, 3.63) is 62.7 Å². The Balaban J connectivity index is 0.000000680. The third-order valence-electron chi connectivity index (χ3n) is 5.11. The molecule has 0 saturated carbocycles. The van der Waals surface area contributed by atoms with Crippen molar-refractivity contribution in [2.24, 2.45) is 0 Å². The minimum absolute atomic E-state index is 0.0451. The van der Waals surface area contributed by atoms with E-state index in [1.54, 1.807) is 12.0 Å². The number of carbonyl (C=O) groups is 2. The van der Waals surface area contributed by atoms with Crippen molar-refractivity contribution in [3.8, 4) is 5.75 Å². The topological polar surface area (TPSA) is 179 Å². The van der Waals surface area contributed by atoms with Crippen LogP contribution in [0.25, 0.3) is 10.8 Å². The lowest BCUT2D eigenvalue weighted by molar-refractivity contribution is -0.758. The molecule has 2 aromatic carbocycles. The van der Waals surface area contributed by atoms with Crippen LogP contribution in [0.3, 0.4) is 0 Å². The Bertz CT molecular complexity index is 1050. The molecule has 0 spiro atoms. The number of hydrogen-bond donors (Lipinski definition) is 0. The van der Waals surface area contributed by atoms with E-state index >= 15 is 0 Å². The van der Waals surface area contributed by atoms with E-state index in [0.29, 0.717) is 12.8 Å². The molecule has 1 atom stereocenters. The summed E-state index contributed by atoms with van der Waals surface area (Å²) in [4.78, 5) is 51.4. The molecule has 1 unspecified atom stereocenters. The van der Waals surface area contributed by atoms with Crippen molar-refractivity contribution >= 4 is 23.0 Å². The lowest BCUT2D eigenvalue weighted by atomic mass is 10.1. The molecule has 0 heterocycles. The van der Waals surface area contributed by atoms with Gasteiger partial charge in [-0.3, -0.25) is 4.79 Å². The molecule has 0 aliphatic heterocycles. The SMILES string of the molecule is COC(COc1cccc2ccccc12)CN(C(=O)COCCO[N+](=O)[O-])C(C)C.O=CCOCCO[N+](=O)[O-]. The van der Waals surface area contributed by atoms with Crippen molar-refractivity contribution in [1.82, 2.24) is 4.90 Å². The Hall–Kier alpha value is -4.08. The van der Waals surface area contributed by atoms with Gasteiger partial charge < -0.3 is 38.3 Å². The van der Waals surface area contributed by atoms with Gasteiger partial charge in [0.2, 0.25) is 5.91 Å². The standard InChI is InChI=1S/C21H28N2O7.C4H7NO5/c1-16(2)22(21(24)15-28-11-12-30-23(25)26)13-18(27-3)14-29-20-10-6-8-17-7-4-5-9-19(17)20;6-1-2-9-3-4-10-5(7)8/h4-10,16,18H,11-15H2,1-3H3;1H,2-4H2. The van der Waals surface area contributed by atoms with Gasteiger partial charge in [-0.2, -0.15) is 0 Å². The lowest BCUT2D eigenvalue weighted by Crippen LogP contribution is -2.46. The first-order valence-corrected chi connectivity index (χ1v) is 12.3. The third-order valence-corrected chi connectivity index (χ3v) is 5.11. The molecule has 0 bridgehead atoms. The van der Waals surface area contributed by atoms with Gasteiger partial charge in [0.1, 0.15) is 51.2 Å². The van der Waals surface area contributed by atoms with Crippen molar-refractivity contribution in [3.63, 3.8) is 0 Å². The zero-order chi connectivity index (χ0) is 29.8. The summed E-state index contributed by atoms with van der Waals surface area (Å²) >= 11 is 0. The number of hydrogen-bond acceptors (Lipinski definition) is 12. The van der Waals surface area contributed by atoms with E-state index in [0.717, 1.165) is 16.5 Å². The average molecular weight is 570 g/mol. The van der Waals surface area contributed by atoms with Crippen LogP contribution in [-0.2, 0) is 33.5 Å². The molecule has 1 amide bonds. The fourth-order valence-electron chi connectivity index (χ4n) is 3.23. The molecule has 0 fully saturated rings. The number of methoxy groups -OCH3 is 1. The van der Waals surface area contributed by atoms with Gasteiger partial charge >= 0.3 is 0 Å². The molecule has 2 aromatic rings. The maximum absolute atomic E-state index is 12.5. The van der Waals surface area contributed by atoms with Crippen LogP contribution < -0.4 is 4.74 Å². The van der Waals surface area contributed by atoms with Gasteiger partial charge in [0.05, 0.1) is 19.8 Å².